The lowest BCUT2D eigenvalue weighted by atomic mass is 9.95. The molecule has 7 nitrogen and oxygen atoms in total. The van der Waals surface area contributed by atoms with Crippen LogP contribution < -0.4 is 9.64 Å². The summed E-state index contributed by atoms with van der Waals surface area (Å²) in [7, 11) is 0. The lowest BCUT2D eigenvalue weighted by Crippen LogP contribution is -2.31. The van der Waals surface area contributed by atoms with E-state index in [0.29, 0.717) is 32.9 Å². The molecular weight excluding hydrogens is 422 g/mol. The number of benzene rings is 1. The lowest BCUT2D eigenvalue weighted by molar-refractivity contribution is -0.117. The van der Waals surface area contributed by atoms with Crippen molar-refractivity contribution in [3.8, 4) is 5.75 Å². The fraction of sp³-hybridized carbons (Fsp3) is 0.238. The van der Waals surface area contributed by atoms with E-state index in [2.05, 4.69) is 10.2 Å². The van der Waals surface area contributed by atoms with Crippen molar-refractivity contribution in [3.05, 3.63) is 68.6 Å². The first-order valence-electron chi connectivity index (χ1n) is 9.39. The standard InChI is InChI=1S/C21H19N3O4S2/c1-3-9-28-14-7-4-6-13(11-14)17-16(18(25)15-8-5-10-29-15)19(26)20(27)24(17)21-23-22-12(2)30-21/h4-8,10-11,17,26H,3,9H2,1-2H3. The maximum Gasteiger partial charge on any atom is 0.296 e. The van der Waals surface area contributed by atoms with E-state index < -0.39 is 17.7 Å². The first kappa shape index (κ1) is 20.2. The monoisotopic (exact) mass is 441 g/mol. The van der Waals surface area contributed by atoms with Gasteiger partial charge in [-0.3, -0.25) is 14.5 Å². The fourth-order valence-electron chi connectivity index (χ4n) is 3.27. The van der Waals surface area contributed by atoms with Crippen LogP contribution in [0.1, 0.15) is 39.6 Å². The number of aromatic nitrogens is 2. The van der Waals surface area contributed by atoms with Crippen LogP contribution in [-0.2, 0) is 4.79 Å². The van der Waals surface area contributed by atoms with Crippen LogP contribution in [0.5, 0.6) is 5.75 Å². The highest BCUT2D eigenvalue weighted by Gasteiger charge is 2.46. The molecule has 1 aromatic carbocycles. The quantitative estimate of drug-likeness (QED) is 0.544. The zero-order chi connectivity index (χ0) is 21.3. The molecule has 3 heterocycles. The first-order chi connectivity index (χ1) is 14.5. The molecule has 9 heteroatoms. The number of anilines is 1. The summed E-state index contributed by atoms with van der Waals surface area (Å²) in [5, 5.41) is 21.6. The Kier molecular flexibility index (Phi) is 5.65. The predicted molar refractivity (Wildman–Crippen MR) is 115 cm³/mol. The molecule has 154 valence electrons. The van der Waals surface area contributed by atoms with E-state index in [1.54, 1.807) is 42.6 Å². The maximum absolute atomic E-state index is 13.2. The Hall–Kier alpha value is -3.04. The molecule has 3 aromatic rings. The first-order valence-corrected chi connectivity index (χ1v) is 11.1. The molecule has 30 heavy (non-hydrogen) atoms. The molecule has 4 rings (SSSR count). The normalized spacial score (nSPS) is 16.4. The summed E-state index contributed by atoms with van der Waals surface area (Å²) in [4.78, 5) is 28.0. The number of hydrogen-bond acceptors (Lipinski definition) is 8. The minimum Gasteiger partial charge on any atom is -0.503 e. The van der Waals surface area contributed by atoms with Gasteiger partial charge in [-0.1, -0.05) is 36.5 Å². The van der Waals surface area contributed by atoms with Gasteiger partial charge in [-0.25, -0.2) is 0 Å². The van der Waals surface area contributed by atoms with Gasteiger partial charge in [-0.2, -0.15) is 0 Å². The lowest BCUT2D eigenvalue weighted by Gasteiger charge is -2.24. The number of thiophene rings is 1. The number of carbonyl (C=O) groups excluding carboxylic acids is 2. The summed E-state index contributed by atoms with van der Waals surface area (Å²) in [6, 6.07) is 9.81. The highest BCUT2D eigenvalue weighted by molar-refractivity contribution is 7.15. The molecule has 0 saturated heterocycles. The van der Waals surface area contributed by atoms with E-state index in [4.69, 9.17) is 4.74 Å². The van der Waals surface area contributed by atoms with Crippen molar-refractivity contribution in [2.24, 2.45) is 0 Å². The molecule has 1 amide bonds. The maximum atomic E-state index is 13.2. The number of carbonyl (C=O) groups is 2. The number of Topliss-reactive ketones (excluding diaryl/α,β-unsaturated/α-hetero) is 1. The Bertz CT molecular complexity index is 1120. The largest absolute Gasteiger partial charge is 0.503 e. The number of nitrogens with zero attached hydrogens (tertiary/aromatic N) is 3. The Morgan fingerprint density at radius 2 is 2.10 bits per heavy atom. The van der Waals surface area contributed by atoms with E-state index in [1.165, 1.54) is 27.6 Å². The zero-order valence-electron chi connectivity index (χ0n) is 16.4. The molecule has 0 fully saturated rings. The van der Waals surface area contributed by atoms with Crippen LogP contribution in [0.4, 0.5) is 5.13 Å². The second kappa shape index (κ2) is 8.37. The van der Waals surface area contributed by atoms with E-state index >= 15 is 0 Å². The minimum atomic E-state index is -0.829. The summed E-state index contributed by atoms with van der Waals surface area (Å²) in [6.45, 7) is 4.34. The summed E-state index contributed by atoms with van der Waals surface area (Å²) < 4.78 is 5.73. The van der Waals surface area contributed by atoms with Crippen molar-refractivity contribution >= 4 is 39.5 Å². The van der Waals surface area contributed by atoms with Gasteiger partial charge in [-0.15, -0.1) is 21.5 Å². The fourth-order valence-corrected chi connectivity index (χ4v) is 4.66. The van der Waals surface area contributed by atoms with Crippen molar-refractivity contribution in [1.82, 2.24) is 10.2 Å². The van der Waals surface area contributed by atoms with E-state index in [0.717, 1.165) is 6.42 Å². The van der Waals surface area contributed by atoms with Crippen LogP contribution in [0.15, 0.2) is 53.1 Å². The third-order valence-corrected chi connectivity index (χ3v) is 6.27. The van der Waals surface area contributed by atoms with Crippen LogP contribution in [0.3, 0.4) is 0 Å². The van der Waals surface area contributed by atoms with Crippen molar-refractivity contribution < 1.29 is 19.4 Å². The van der Waals surface area contributed by atoms with Crippen LogP contribution >= 0.6 is 22.7 Å². The van der Waals surface area contributed by atoms with Gasteiger partial charge in [0.25, 0.3) is 5.91 Å². The van der Waals surface area contributed by atoms with Crippen molar-refractivity contribution in [2.45, 2.75) is 26.3 Å². The van der Waals surface area contributed by atoms with Crippen molar-refractivity contribution in [3.63, 3.8) is 0 Å². The Morgan fingerprint density at radius 3 is 2.77 bits per heavy atom. The van der Waals surface area contributed by atoms with Gasteiger partial charge < -0.3 is 9.84 Å². The molecule has 0 aliphatic carbocycles. The van der Waals surface area contributed by atoms with Gasteiger partial charge in [0.1, 0.15) is 10.8 Å². The molecule has 1 atom stereocenters. The van der Waals surface area contributed by atoms with Gasteiger partial charge in [0.15, 0.2) is 5.76 Å². The second-order valence-corrected chi connectivity index (χ2v) is 8.78. The Balaban J connectivity index is 1.84. The summed E-state index contributed by atoms with van der Waals surface area (Å²) in [5.74, 6) is -0.990. The predicted octanol–water partition coefficient (Wildman–Crippen LogP) is 4.48. The molecule has 1 aliphatic heterocycles. The molecule has 1 unspecified atom stereocenters. The molecular formula is C21H19N3O4S2. The third-order valence-electron chi connectivity index (χ3n) is 4.57. The summed E-state index contributed by atoms with van der Waals surface area (Å²) >= 11 is 2.48. The Morgan fingerprint density at radius 1 is 1.27 bits per heavy atom. The van der Waals surface area contributed by atoms with Gasteiger partial charge in [0.05, 0.1) is 23.1 Å². The van der Waals surface area contributed by atoms with Crippen LogP contribution in [0, 0.1) is 6.92 Å². The average Bonchev–Trinajstić information content (AvgIpc) is 3.47. The molecule has 0 saturated carbocycles. The SMILES string of the molecule is CCCOc1cccc(C2C(C(=O)c3cccs3)=C(O)C(=O)N2c2nnc(C)s2)c1. The molecule has 2 aromatic heterocycles. The van der Waals surface area contributed by atoms with Gasteiger partial charge >= 0.3 is 0 Å². The Labute approximate surface area is 181 Å². The van der Waals surface area contributed by atoms with Gasteiger partial charge in [0, 0.05) is 0 Å². The third kappa shape index (κ3) is 3.61. The highest BCUT2D eigenvalue weighted by Crippen LogP contribution is 2.43. The van der Waals surface area contributed by atoms with E-state index in [-0.39, 0.29) is 11.4 Å². The zero-order valence-corrected chi connectivity index (χ0v) is 18.0. The smallest absolute Gasteiger partial charge is 0.296 e. The number of ether oxygens (including phenoxy) is 1. The highest BCUT2D eigenvalue weighted by atomic mass is 32.1. The van der Waals surface area contributed by atoms with Crippen molar-refractivity contribution in [2.75, 3.05) is 11.5 Å². The van der Waals surface area contributed by atoms with Crippen molar-refractivity contribution in [1.29, 1.82) is 0 Å². The number of hydrogen-bond donors (Lipinski definition) is 1. The molecule has 0 bridgehead atoms. The topological polar surface area (TPSA) is 92.6 Å². The summed E-state index contributed by atoms with van der Waals surface area (Å²) in [5.41, 5.74) is 0.678. The van der Waals surface area contributed by atoms with Gasteiger partial charge in [0.2, 0.25) is 10.9 Å². The second-order valence-electron chi connectivity index (χ2n) is 6.67. The van der Waals surface area contributed by atoms with E-state index in [1.807, 2.05) is 13.0 Å². The van der Waals surface area contributed by atoms with Gasteiger partial charge in [-0.05, 0) is 42.5 Å². The molecule has 0 radical (unpaired) electrons. The number of aliphatic hydroxyl groups is 1. The number of amides is 1. The molecule has 0 spiro atoms. The number of ketones is 1. The minimum absolute atomic E-state index is 0.0305. The number of aliphatic hydroxyl groups excluding tert-OH is 1. The average molecular weight is 442 g/mol. The molecule has 1 N–H and O–H groups in total. The van der Waals surface area contributed by atoms with Crippen LogP contribution in [0.25, 0.3) is 0 Å². The summed E-state index contributed by atoms with van der Waals surface area (Å²) in [6.07, 6.45) is 0.852. The van der Waals surface area contributed by atoms with Crippen LogP contribution in [-0.4, -0.2) is 33.6 Å². The number of aryl methyl sites for hydroxylation is 1. The van der Waals surface area contributed by atoms with E-state index in [9.17, 15) is 14.7 Å². The molecule has 1 aliphatic rings. The number of rotatable bonds is 7. The van der Waals surface area contributed by atoms with Crippen LogP contribution in [0.2, 0.25) is 0 Å².